The van der Waals surface area contributed by atoms with Crippen molar-refractivity contribution >= 4 is 50.5 Å². The zero-order valence-electron chi connectivity index (χ0n) is 8.51. The summed E-state index contributed by atoms with van der Waals surface area (Å²) in [7, 11) is 0. The summed E-state index contributed by atoms with van der Waals surface area (Å²) in [6.07, 6.45) is 0. The third-order valence-corrected chi connectivity index (χ3v) is 5.04. The van der Waals surface area contributed by atoms with E-state index in [4.69, 9.17) is 23.2 Å². The third-order valence-electron chi connectivity index (χ3n) is 2.20. The fourth-order valence-electron chi connectivity index (χ4n) is 1.54. The SMILES string of the molecule is Cc1cc(Cl)cc(C(Br)c2ccc(Cl)s2)c1. The van der Waals surface area contributed by atoms with Crippen LogP contribution in [0.4, 0.5) is 0 Å². The quantitative estimate of drug-likeness (QED) is 0.604. The topological polar surface area (TPSA) is 0 Å². The zero-order chi connectivity index (χ0) is 11.7. The lowest BCUT2D eigenvalue weighted by molar-refractivity contribution is 1.21. The highest BCUT2D eigenvalue weighted by Crippen LogP contribution is 2.37. The minimum Gasteiger partial charge on any atom is -0.127 e. The van der Waals surface area contributed by atoms with Gasteiger partial charge in [-0.2, -0.15) is 0 Å². The standard InChI is InChI=1S/C12H9BrCl2S/c1-7-4-8(6-9(14)5-7)12(13)10-2-3-11(15)16-10/h2-6,12H,1H3. The molecule has 0 saturated heterocycles. The average molecular weight is 336 g/mol. The molecule has 2 rings (SSSR count). The smallest absolute Gasteiger partial charge is 0.0931 e. The van der Waals surface area contributed by atoms with Crippen LogP contribution in [-0.2, 0) is 0 Å². The van der Waals surface area contributed by atoms with Crippen LogP contribution in [0.3, 0.4) is 0 Å². The predicted molar refractivity (Wildman–Crippen MR) is 76.3 cm³/mol. The Labute approximate surface area is 117 Å². The maximum absolute atomic E-state index is 6.04. The molecular formula is C12H9BrCl2S. The summed E-state index contributed by atoms with van der Waals surface area (Å²) < 4.78 is 0.804. The minimum absolute atomic E-state index is 0.155. The van der Waals surface area contributed by atoms with Crippen LogP contribution >= 0.6 is 50.5 Å². The number of hydrogen-bond acceptors (Lipinski definition) is 1. The maximum atomic E-state index is 6.04. The molecule has 0 fully saturated rings. The number of aryl methyl sites for hydroxylation is 1. The molecule has 0 aliphatic rings. The van der Waals surface area contributed by atoms with Crippen LogP contribution < -0.4 is 0 Å². The summed E-state index contributed by atoms with van der Waals surface area (Å²) in [6.45, 7) is 2.04. The Balaban J connectivity index is 2.37. The monoisotopic (exact) mass is 334 g/mol. The molecular weight excluding hydrogens is 327 g/mol. The molecule has 1 atom stereocenters. The van der Waals surface area contributed by atoms with Crippen LogP contribution in [0, 0.1) is 6.92 Å². The van der Waals surface area contributed by atoms with E-state index in [1.165, 1.54) is 4.88 Å². The van der Waals surface area contributed by atoms with Crippen LogP contribution in [0.15, 0.2) is 30.3 Å². The fraction of sp³-hybridized carbons (Fsp3) is 0.167. The largest absolute Gasteiger partial charge is 0.127 e. The van der Waals surface area contributed by atoms with Gasteiger partial charge in [0, 0.05) is 9.90 Å². The highest BCUT2D eigenvalue weighted by Gasteiger charge is 2.13. The first-order valence-corrected chi connectivity index (χ1v) is 7.21. The van der Waals surface area contributed by atoms with Gasteiger partial charge in [-0.05, 0) is 42.3 Å². The van der Waals surface area contributed by atoms with Gasteiger partial charge in [-0.25, -0.2) is 0 Å². The molecule has 4 heteroatoms. The molecule has 0 spiro atoms. The van der Waals surface area contributed by atoms with E-state index < -0.39 is 0 Å². The summed E-state index contributed by atoms with van der Waals surface area (Å²) in [6, 6.07) is 9.99. The van der Waals surface area contributed by atoms with Crippen LogP contribution in [0.1, 0.15) is 20.8 Å². The first-order valence-electron chi connectivity index (χ1n) is 4.72. The fourth-order valence-corrected chi connectivity index (χ4v) is 3.60. The van der Waals surface area contributed by atoms with Gasteiger partial charge >= 0.3 is 0 Å². The van der Waals surface area contributed by atoms with E-state index in [0.29, 0.717) is 0 Å². The molecule has 1 unspecified atom stereocenters. The summed E-state index contributed by atoms with van der Waals surface area (Å²) in [5.41, 5.74) is 2.32. The zero-order valence-corrected chi connectivity index (χ0v) is 12.4. The lowest BCUT2D eigenvalue weighted by atomic mass is 10.1. The molecule has 0 bridgehead atoms. The van der Waals surface area contributed by atoms with Crippen LogP contribution in [0.2, 0.25) is 9.36 Å². The Hall–Kier alpha value is -0.0200. The molecule has 0 aliphatic heterocycles. The normalized spacial score (nSPS) is 12.8. The Morgan fingerprint density at radius 1 is 1.19 bits per heavy atom. The van der Waals surface area contributed by atoms with Crippen molar-refractivity contribution in [2.45, 2.75) is 11.8 Å². The van der Waals surface area contributed by atoms with Gasteiger partial charge in [0.1, 0.15) is 0 Å². The molecule has 1 heterocycles. The number of halogens is 3. The van der Waals surface area contributed by atoms with Crippen molar-refractivity contribution in [1.29, 1.82) is 0 Å². The molecule has 0 saturated carbocycles. The van der Waals surface area contributed by atoms with Crippen LogP contribution in [-0.4, -0.2) is 0 Å². The lowest BCUT2D eigenvalue weighted by Gasteiger charge is -2.09. The number of alkyl halides is 1. The molecule has 16 heavy (non-hydrogen) atoms. The van der Waals surface area contributed by atoms with E-state index in [0.717, 1.165) is 20.5 Å². The average Bonchev–Trinajstić information content (AvgIpc) is 2.62. The molecule has 84 valence electrons. The second-order valence-electron chi connectivity index (χ2n) is 3.57. The molecule has 0 N–H and O–H groups in total. The maximum Gasteiger partial charge on any atom is 0.0931 e. The van der Waals surface area contributed by atoms with E-state index in [-0.39, 0.29) is 4.83 Å². The Morgan fingerprint density at radius 2 is 1.94 bits per heavy atom. The first-order chi connectivity index (χ1) is 7.56. The van der Waals surface area contributed by atoms with Gasteiger partial charge in [0.15, 0.2) is 0 Å². The van der Waals surface area contributed by atoms with Crippen molar-refractivity contribution in [3.63, 3.8) is 0 Å². The first kappa shape index (κ1) is 12.4. The van der Waals surface area contributed by atoms with Gasteiger partial charge in [-0.1, -0.05) is 45.2 Å². The summed E-state index contributed by atoms with van der Waals surface area (Å²) >= 11 is 17.2. The van der Waals surface area contributed by atoms with Crippen molar-refractivity contribution in [3.05, 3.63) is 55.7 Å². The predicted octanol–water partition coefficient (Wildman–Crippen LogP) is 5.85. The van der Waals surface area contributed by atoms with Gasteiger partial charge in [0.2, 0.25) is 0 Å². The van der Waals surface area contributed by atoms with Gasteiger partial charge in [0.05, 0.1) is 9.16 Å². The summed E-state index contributed by atoms with van der Waals surface area (Å²) in [5, 5.41) is 0.766. The minimum atomic E-state index is 0.155. The second-order valence-corrected chi connectivity index (χ2v) is 6.67. The van der Waals surface area contributed by atoms with E-state index in [1.807, 2.05) is 31.2 Å². The van der Waals surface area contributed by atoms with Crippen molar-refractivity contribution < 1.29 is 0 Å². The molecule has 0 amide bonds. The van der Waals surface area contributed by atoms with Gasteiger partial charge in [0.25, 0.3) is 0 Å². The van der Waals surface area contributed by atoms with E-state index >= 15 is 0 Å². The van der Waals surface area contributed by atoms with Crippen molar-refractivity contribution in [2.24, 2.45) is 0 Å². The molecule has 0 nitrogen and oxygen atoms in total. The van der Waals surface area contributed by atoms with Gasteiger partial charge < -0.3 is 0 Å². The number of thiophene rings is 1. The van der Waals surface area contributed by atoms with Crippen molar-refractivity contribution in [2.75, 3.05) is 0 Å². The highest BCUT2D eigenvalue weighted by molar-refractivity contribution is 9.09. The lowest BCUT2D eigenvalue weighted by Crippen LogP contribution is -1.90. The van der Waals surface area contributed by atoms with Crippen LogP contribution in [0.25, 0.3) is 0 Å². The molecule has 1 aromatic carbocycles. The van der Waals surface area contributed by atoms with Gasteiger partial charge in [-0.15, -0.1) is 11.3 Å². The molecule has 0 aliphatic carbocycles. The number of benzene rings is 1. The Bertz CT molecular complexity index is 487. The van der Waals surface area contributed by atoms with E-state index in [9.17, 15) is 0 Å². The Morgan fingerprint density at radius 3 is 2.50 bits per heavy atom. The highest BCUT2D eigenvalue weighted by atomic mass is 79.9. The van der Waals surface area contributed by atoms with E-state index in [1.54, 1.807) is 11.3 Å². The van der Waals surface area contributed by atoms with Crippen molar-refractivity contribution in [3.8, 4) is 0 Å². The van der Waals surface area contributed by atoms with E-state index in [2.05, 4.69) is 22.0 Å². The summed E-state index contributed by atoms with van der Waals surface area (Å²) in [5.74, 6) is 0. The van der Waals surface area contributed by atoms with Crippen LogP contribution in [0.5, 0.6) is 0 Å². The summed E-state index contributed by atoms with van der Waals surface area (Å²) in [4.78, 5) is 1.34. The molecule has 2 aromatic rings. The Kier molecular flexibility index (Phi) is 3.96. The van der Waals surface area contributed by atoms with Crippen molar-refractivity contribution in [1.82, 2.24) is 0 Å². The van der Waals surface area contributed by atoms with Gasteiger partial charge in [-0.3, -0.25) is 0 Å². The molecule has 1 aromatic heterocycles. The molecule has 0 radical (unpaired) electrons. The third kappa shape index (κ3) is 2.80. The number of hydrogen-bond donors (Lipinski definition) is 0. The second kappa shape index (κ2) is 5.09. The number of rotatable bonds is 2.